The number of allylic oxidation sites excluding steroid dienone is 16. The Morgan fingerprint density at radius 1 is 0.311 bits per heavy atom. The summed E-state index contributed by atoms with van der Waals surface area (Å²) in [6, 6.07) is 0. The van der Waals surface area contributed by atoms with E-state index in [0.29, 0.717) is 19.4 Å². The van der Waals surface area contributed by atoms with Gasteiger partial charge in [0.25, 0.3) is 0 Å². The molecule has 0 aromatic carbocycles. The fourth-order valence-corrected chi connectivity index (χ4v) is 8.86. The van der Waals surface area contributed by atoms with E-state index in [9.17, 15) is 9.59 Å². The first kappa shape index (κ1) is 70.8. The molecule has 426 valence electrons. The third-order valence-electron chi connectivity index (χ3n) is 13.6. The number of carbonyl (C=O) groups is 2. The SMILES string of the molecule is CC/C=C\C/C=C\C/C=C\C/C=C\CCCCCCCCC(=O)OCC(COCCCCCCCCCCCC/C=C\C/C=C\CCCCC)OC(=O)CCCCCCCCCCC/C=C\C/C=C\CCCCC. The van der Waals surface area contributed by atoms with E-state index >= 15 is 0 Å². The second kappa shape index (κ2) is 64.1. The van der Waals surface area contributed by atoms with Crippen molar-refractivity contribution in [1.82, 2.24) is 0 Å². The number of esters is 2. The van der Waals surface area contributed by atoms with Gasteiger partial charge in [-0.1, -0.05) is 266 Å². The van der Waals surface area contributed by atoms with E-state index in [1.807, 2.05) is 0 Å². The smallest absolute Gasteiger partial charge is 0.306 e. The van der Waals surface area contributed by atoms with Gasteiger partial charge in [-0.05, 0) is 122 Å². The van der Waals surface area contributed by atoms with Gasteiger partial charge in [-0.25, -0.2) is 0 Å². The van der Waals surface area contributed by atoms with E-state index in [0.717, 1.165) is 96.3 Å². The molecule has 0 fully saturated rings. The Bertz CT molecular complexity index is 1400. The zero-order valence-corrected chi connectivity index (χ0v) is 49.1. The van der Waals surface area contributed by atoms with Crippen LogP contribution in [0, 0.1) is 0 Å². The van der Waals surface area contributed by atoms with Crippen molar-refractivity contribution in [2.24, 2.45) is 0 Å². The van der Waals surface area contributed by atoms with E-state index < -0.39 is 6.10 Å². The summed E-state index contributed by atoms with van der Waals surface area (Å²) >= 11 is 0. The van der Waals surface area contributed by atoms with Crippen molar-refractivity contribution in [2.75, 3.05) is 19.8 Å². The lowest BCUT2D eigenvalue weighted by Gasteiger charge is -2.18. The van der Waals surface area contributed by atoms with E-state index in [4.69, 9.17) is 14.2 Å². The molecular formula is C69H120O5. The van der Waals surface area contributed by atoms with Crippen LogP contribution in [0.1, 0.15) is 303 Å². The molecule has 0 radical (unpaired) electrons. The van der Waals surface area contributed by atoms with Crippen LogP contribution in [0.15, 0.2) is 97.2 Å². The van der Waals surface area contributed by atoms with Gasteiger partial charge in [-0.2, -0.15) is 0 Å². The highest BCUT2D eigenvalue weighted by Gasteiger charge is 2.17. The molecule has 0 aromatic heterocycles. The van der Waals surface area contributed by atoms with Gasteiger partial charge in [0.1, 0.15) is 6.61 Å². The predicted octanol–water partition coefficient (Wildman–Crippen LogP) is 22.1. The van der Waals surface area contributed by atoms with Gasteiger partial charge in [-0.15, -0.1) is 0 Å². The minimum absolute atomic E-state index is 0.0717. The molecule has 0 aliphatic rings. The molecule has 0 aliphatic heterocycles. The Morgan fingerprint density at radius 3 is 0.973 bits per heavy atom. The van der Waals surface area contributed by atoms with Crippen LogP contribution in [0.25, 0.3) is 0 Å². The van der Waals surface area contributed by atoms with Crippen LogP contribution < -0.4 is 0 Å². The quantitative estimate of drug-likeness (QED) is 0.0345. The molecule has 0 N–H and O–H groups in total. The summed E-state index contributed by atoms with van der Waals surface area (Å²) in [5, 5.41) is 0. The minimum Gasteiger partial charge on any atom is -0.462 e. The standard InChI is InChI=1S/C69H120O5/c1-4-7-10-13-16-19-22-25-28-31-34-37-40-43-46-49-52-55-58-61-64-72-65-67(74-69(71)63-60-57-54-51-48-45-42-39-36-33-30-27-24-21-18-15-12-9-6-3)66-73-68(70)62-59-56-53-50-47-44-41-38-35-32-29-26-23-20-17-14-11-8-5-2/h8,11,16-21,25-30,35,38,67H,4-7,9-10,12-15,22-24,31-34,36-37,39-66H2,1-3H3/b11-8-,19-16-,20-17-,21-18-,28-25-,29-26-,30-27-,38-35-. The molecule has 0 heterocycles. The first-order valence-electron chi connectivity index (χ1n) is 31.8. The molecule has 74 heavy (non-hydrogen) atoms. The normalized spacial score (nSPS) is 12.9. The van der Waals surface area contributed by atoms with Crippen LogP contribution >= 0.6 is 0 Å². The van der Waals surface area contributed by atoms with Gasteiger partial charge < -0.3 is 14.2 Å². The Morgan fingerprint density at radius 2 is 0.608 bits per heavy atom. The number of hydrogen-bond acceptors (Lipinski definition) is 5. The number of ether oxygens (including phenoxy) is 3. The Balaban J connectivity index is 4.32. The van der Waals surface area contributed by atoms with Gasteiger partial charge in [0.2, 0.25) is 0 Å². The van der Waals surface area contributed by atoms with E-state index in [1.165, 1.54) is 173 Å². The highest BCUT2D eigenvalue weighted by atomic mass is 16.6. The fourth-order valence-electron chi connectivity index (χ4n) is 8.86. The molecule has 0 saturated carbocycles. The van der Waals surface area contributed by atoms with Crippen LogP contribution in [0.3, 0.4) is 0 Å². The first-order chi connectivity index (χ1) is 36.6. The van der Waals surface area contributed by atoms with Crippen LogP contribution in [0.5, 0.6) is 0 Å². The maximum Gasteiger partial charge on any atom is 0.306 e. The lowest BCUT2D eigenvalue weighted by molar-refractivity contribution is -0.163. The van der Waals surface area contributed by atoms with E-state index in [1.54, 1.807) is 0 Å². The fraction of sp³-hybridized carbons (Fsp3) is 0.739. The molecule has 5 nitrogen and oxygen atoms in total. The molecule has 0 rings (SSSR count). The molecule has 0 bridgehead atoms. The second-order valence-corrected chi connectivity index (χ2v) is 20.9. The molecule has 0 aliphatic carbocycles. The van der Waals surface area contributed by atoms with Crippen molar-refractivity contribution in [3.8, 4) is 0 Å². The Kier molecular flexibility index (Phi) is 61.4. The number of unbranched alkanes of at least 4 members (excludes halogenated alkanes) is 31. The third-order valence-corrected chi connectivity index (χ3v) is 13.6. The van der Waals surface area contributed by atoms with Gasteiger partial charge in [-0.3, -0.25) is 9.59 Å². The van der Waals surface area contributed by atoms with Crippen LogP contribution in [0.4, 0.5) is 0 Å². The lowest BCUT2D eigenvalue weighted by Crippen LogP contribution is -2.30. The van der Waals surface area contributed by atoms with E-state index in [2.05, 4.69) is 118 Å². The van der Waals surface area contributed by atoms with Crippen LogP contribution in [-0.2, 0) is 23.8 Å². The summed E-state index contributed by atoms with van der Waals surface area (Å²) < 4.78 is 17.5. The highest BCUT2D eigenvalue weighted by molar-refractivity contribution is 5.70. The van der Waals surface area contributed by atoms with Gasteiger partial charge in [0.05, 0.1) is 6.61 Å². The Hall–Kier alpha value is -3.18. The largest absolute Gasteiger partial charge is 0.462 e. The molecule has 0 spiro atoms. The summed E-state index contributed by atoms with van der Waals surface area (Å²) in [4.78, 5) is 25.6. The predicted molar refractivity (Wildman–Crippen MR) is 325 cm³/mol. The molecule has 1 unspecified atom stereocenters. The number of rotatable bonds is 58. The number of carbonyl (C=O) groups excluding carboxylic acids is 2. The molecule has 0 amide bonds. The van der Waals surface area contributed by atoms with Crippen LogP contribution in [0.2, 0.25) is 0 Å². The molecule has 0 aromatic rings. The average Bonchev–Trinajstić information content (AvgIpc) is 3.40. The molecule has 0 saturated heterocycles. The van der Waals surface area contributed by atoms with Crippen molar-refractivity contribution in [3.05, 3.63) is 97.2 Å². The second-order valence-electron chi connectivity index (χ2n) is 20.9. The zero-order valence-electron chi connectivity index (χ0n) is 49.1. The number of hydrogen-bond donors (Lipinski definition) is 0. The summed E-state index contributed by atoms with van der Waals surface area (Å²) in [5.74, 6) is -0.412. The van der Waals surface area contributed by atoms with Crippen molar-refractivity contribution in [3.63, 3.8) is 0 Å². The minimum atomic E-state index is -0.553. The highest BCUT2D eigenvalue weighted by Crippen LogP contribution is 2.15. The summed E-state index contributed by atoms with van der Waals surface area (Å²) in [7, 11) is 0. The van der Waals surface area contributed by atoms with E-state index in [-0.39, 0.29) is 25.2 Å². The lowest BCUT2D eigenvalue weighted by atomic mass is 10.1. The summed E-state index contributed by atoms with van der Waals surface area (Å²) in [5.41, 5.74) is 0. The van der Waals surface area contributed by atoms with Crippen molar-refractivity contribution in [1.29, 1.82) is 0 Å². The van der Waals surface area contributed by atoms with Crippen molar-refractivity contribution >= 4 is 11.9 Å². The summed E-state index contributed by atoms with van der Waals surface area (Å²) in [6.07, 6.45) is 87.2. The zero-order chi connectivity index (χ0) is 53.4. The third kappa shape index (κ3) is 61.4. The van der Waals surface area contributed by atoms with Crippen LogP contribution in [-0.4, -0.2) is 37.9 Å². The van der Waals surface area contributed by atoms with Gasteiger partial charge in [0, 0.05) is 19.4 Å². The topological polar surface area (TPSA) is 61.8 Å². The van der Waals surface area contributed by atoms with Crippen molar-refractivity contribution in [2.45, 2.75) is 309 Å². The summed E-state index contributed by atoms with van der Waals surface area (Å²) in [6.45, 7) is 7.67. The monoisotopic (exact) mass is 1030 g/mol. The van der Waals surface area contributed by atoms with Crippen molar-refractivity contribution < 1.29 is 23.8 Å². The molecular weight excluding hydrogens is 909 g/mol. The van der Waals surface area contributed by atoms with Gasteiger partial charge >= 0.3 is 11.9 Å². The Labute approximate surface area is 460 Å². The maximum absolute atomic E-state index is 12.9. The molecule has 1 atom stereocenters. The maximum atomic E-state index is 12.9. The average molecular weight is 1030 g/mol. The van der Waals surface area contributed by atoms with Gasteiger partial charge in [0.15, 0.2) is 6.10 Å². The first-order valence-corrected chi connectivity index (χ1v) is 31.8. The molecule has 5 heteroatoms.